The van der Waals surface area contributed by atoms with Gasteiger partial charge in [0.2, 0.25) is 0 Å². The van der Waals surface area contributed by atoms with Gasteiger partial charge in [-0.2, -0.15) is 16.9 Å². The summed E-state index contributed by atoms with van der Waals surface area (Å²) in [6.45, 7) is 4.68. The Balaban J connectivity index is 2.40. The van der Waals surface area contributed by atoms with E-state index >= 15 is 0 Å². The number of rotatable bonds is 5. The molecule has 0 saturated heterocycles. The molecular weight excluding hydrogens is 210 g/mol. The van der Waals surface area contributed by atoms with Gasteiger partial charge < -0.3 is 5.32 Å². The first kappa shape index (κ1) is 12.1. The molecule has 1 unspecified atom stereocenters. The summed E-state index contributed by atoms with van der Waals surface area (Å²) in [6.07, 6.45) is 3.63. The lowest BCUT2D eigenvalue weighted by molar-refractivity contribution is 0.0949. The number of amides is 1. The fourth-order valence-corrected chi connectivity index (χ4v) is 1.97. The van der Waals surface area contributed by atoms with Crippen LogP contribution in [-0.2, 0) is 0 Å². The Kier molecular flexibility index (Phi) is 4.68. The van der Waals surface area contributed by atoms with Crippen molar-refractivity contribution in [2.24, 2.45) is 5.92 Å². The Bertz CT molecular complexity index is 324. The highest BCUT2D eigenvalue weighted by Crippen LogP contribution is 2.05. The largest absolute Gasteiger partial charge is 0.352 e. The quantitative estimate of drug-likeness (QED) is 0.800. The van der Waals surface area contributed by atoms with Crippen LogP contribution in [-0.4, -0.2) is 34.7 Å². The molecule has 0 saturated carbocycles. The molecule has 1 amide bonds. The highest BCUT2D eigenvalue weighted by atomic mass is 32.2. The van der Waals surface area contributed by atoms with Crippen LogP contribution in [0.5, 0.6) is 0 Å². The summed E-state index contributed by atoms with van der Waals surface area (Å²) in [5, 5.41) is 9.46. The molecule has 5 heteroatoms. The summed E-state index contributed by atoms with van der Waals surface area (Å²) in [5.74, 6) is 1.51. The minimum absolute atomic E-state index is 0.0470. The van der Waals surface area contributed by atoms with Crippen molar-refractivity contribution < 1.29 is 4.79 Å². The molecule has 84 valence electrons. The van der Waals surface area contributed by atoms with Gasteiger partial charge >= 0.3 is 0 Å². The molecule has 0 aliphatic carbocycles. The number of carbonyl (C=O) groups is 1. The number of hydrogen-bond donors (Lipinski definition) is 2. The number of aromatic amines is 1. The van der Waals surface area contributed by atoms with Gasteiger partial charge in [0.15, 0.2) is 0 Å². The SMILES string of the molecule is CSCC(C)CNC(=O)c1cn[nH]c1C. The molecule has 2 N–H and O–H groups in total. The van der Waals surface area contributed by atoms with E-state index in [1.165, 1.54) is 0 Å². The van der Waals surface area contributed by atoms with Crippen LogP contribution in [0.1, 0.15) is 23.0 Å². The van der Waals surface area contributed by atoms with E-state index in [4.69, 9.17) is 0 Å². The van der Waals surface area contributed by atoms with Crippen molar-refractivity contribution in [3.05, 3.63) is 17.5 Å². The van der Waals surface area contributed by atoms with E-state index in [0.717, 1.165) is 11.4 Å². The summed E-state index contributed by atoms with van der Waals surface area (Å²) in [7, 11) is 0. The van der Waals surface area contributed by atoms with Crippen LogP contribution < -0.4 is 5.32 Å². The Hall–Kier alpha value is -0.970. The normalized spacial score (nSPS) is 12.5. The zero-order valence-electron chi connectivity index (χ0n) is 9.33. The summed E-state index contributed by atoms with van der Waals surface area (Å²) >= 11 is 1.79. The summed E-state index contributed by atoms with van der Waals surface area (Å²) in [6, 6.07) is 0. The molecule has 0 radical (unpaired) electrons. The van der Waals surface area contributed by atoms with Crippen molar-refractivity contribution in [2.75, 3.05) is 18.6 Å². The van der Waals surface area contributed by atoms with Gasteiger partial charge in [0.25, 0.3) is 5.91 Å². The number of hydrogen-bond acceptors (Lipinski definition) is 3. The second-order valence-electron chi connectivity index (χ2n) is 3.68. The average molecular weight is 227 g/mol. The minimum atomic E-state index is -0.0470. The third kappa shape index (κ3) is 3.58. The third-order valence-electron chi connectivity index (χ3n) is 2.14. The Morgan fingerprint density at radius 3 is 3.00 bits per heavy atom. The highest BCUT2D eigenvalue weighted by molar-refractivity contribution is 7.98. The van der Waals surface area contributed by atoms with E-state index in [2.05, 4.69) is 28.7 Å². The van der Waals surface area contributed by atoms with Gasteiger partial charge in [-0.1, -0.05) is 6.92 Å². The van der Waals surface area contributed by atoms with Gasteiger partial charge in [-0.05, 0) is 24.9 Å². The topological polar surface area (TPSA) is 57.8 Å². The number of nitrogens with one attached hydrogen (secondary N) is 2. The lowest BCUT2D eigenvalue weighted by atomic mass is 10.2. The molecule has 0 bridgehead atoms. The maximum absolute atomic E-state index is 11.7. The van der Waals surface area contributed by atoms with Gasteiger partial charge in [-0.15, -0.1) is 0 Å². The second kappa shape index (κ2) is 5.80. The Morgan fingerprint density at radius 1 is 1.73 bits per heavy atom. The second-order valence-corrected chi connectivity index (χ2v) is 4.59. The predicted molar refractivity (Wildman–Crippen MR) is 63.2 cm³/mol. The lowest BCUT2D eigenvalue weighted by Gasteiger charge is -2.10. The van der Waals surface area contributed by atoms with E-state index in [0.29, 0.717) is 18.0 Å². The number of carbonyl (C=O) groups excluding carboxylic acids is 1. The number of thioether (sulfide) groups is 1. The number of aryl methyl sites for hydroxylation is 1. The fourth-order valence-electron chi connectivity index (χ4n) is 1.29. The molecule has 0 aromatic carbocycles. The summed E-state index contributed by atoms with van der Waals surface area (Å²) in [5.41, 5.74) is 1.44. The van der Waals surface area contributed by atoms with Crippen LogP contribution in [0.15, 0.2) is 6.20 Å². The van der Waals surface area contributed by atoms with Crippen LogP contribution in [0.25, 0.3) is 0 Å². The number of nitrogens with zero attached hydrogens (tertiary/aromatic N) is 1. The Morgan fingerprint density at radius 2 is 2.47 bits per heavy atom. The first-order chi connectivity index (χ1) is 7.15. The number of H-pyrrole nitrogens is 1. The van der Waals surface area contributed by atoms with Crippen molar-refractivity contribution in [3.63, 3.8) is 0 Å². The minimum Gasteiger partial charge on any atom is -0.352 e. The van der Waals surface area contributed by atoms with E-state index < -0.39 is 0 Å². The molecule has 0 fully saturated rings. The maximum atomic E-state index is 11.7. The van der Waals surface area contributed by atoms with Crippen molar-refractivity contribution in [3.8, 4) is 0 Å². The van der Waals surface area contributed by atoms with Crippen molar-refractivity contribution in [1.29, 1.82) is 0 Å². The average Bonchev–Trinajstić information content (AvgIpc) is 2.61. The van der Waals surface area contributed by atoms with Crippen LogP contribution in [0.4, 0.5) is 0 Å². The predicted octanol–water partition coefficient (Wildman–Crippen LogP) is 1.45. The summed E-state index contributed by atoms with van der Waals surface area (Å²) in [4.78, 5) is 11.7. The molecule has 1 aromatic rings. The van der Waals surface area contributed by atoms with Gasteiger partial charge in [0.1, 0.15) is 0 Å². The van der Waals surface area contributed by atoms with Gasteiger partial charge in [0, 0.05) is 12.2 Å². The standard InChI is InChI=1S/C10H17N3OS/c1-7(6-15-3)4-11-10(14)9-5-12-13-8(9)2/h5,7H,4,6H2,1-3H3,(H,11,14)(H,12,13). The molecule has 0 aliphatic rings. The van der Waals surface area contributed by atoms with Crippen LogP contribution in [0.2, 0.25) is 0 Å². The fraction of sp³-hybridized carbons (Fsp3) is 0.600. The molecule has 0 aliphatic heterocycles. The van der Waals surface area contributed by atoms with E-state index in [1.807, 2.05) is 6.92 Å². The lowest BCUT2D eigenvalue weighted by Crippen LogP contribution is -2.29. The van der Waals surface area contributed by atoms with Gasteiger partial charge in [-0.25, -0.2) is 0 Å². The number of aromatic nitrogens is 2. The molecule has 1 heterocycles. The van der Waals surface area contributed by atoms with E-state index in [1.54, 1.807) is 18.0 Å². The maximum Gasteiger partial charge on any atom is 0.254 e. The third-order valence-corrected chi connectivity index (χ3v) is 3.04. The molecule has 1 aromatic heterocycles. The summed E-state index contributed by atoms with van der Waals surface area (Å²) < 4.78 is 0. The van der Waals surface area contributed by atoms with Gasteiger partial charge in [-0.3, -0.25) is 9.89 Å². The Labute approximate surface area is 94.2 Å². The smallest absolute Gasteiger partial charge is 0.254 e. The van der Waals surface area contributed by atoms with Crippen LogP contribution >= 0.6 is 11.8 Å². The monoisotopic (exact) mass is 227 g/mol. The van der Waals surface area contributed by atoms with Crippen molar-refractivity contribution in [2.45, 2.75) is 13.8 Å². The molecule has 1 rings (SSSR count). The van der Waals surface area contributed by atoms with E-state index in [9.17, 15) is 4.79 Å². The molecule has 15 heavy (non-hydrogen) atoms. The zero-order chi connectivity index (χ0) is 11.3. The van der Waals surface area contributed by atoms with Crippen LogP contribution in [0.3, 0.4) is 0 Å². The van der Waals surface area contributed by atoms with Crippen molar-refractivity contribution in [1.82, 2.24) is 15.5 Å². The first-order valence-electron chi connectivity index (χ1n) is 4.92. The van der Waals surface area contributed by atoms with Crippen molar-refractivity contribution >= 4 is 17.7 Å². The molecule has 1 atom stereocenters. The zero-order valence-corrected chi connectivity index (χ0v) is 10.1. The molecular formula is C10H17N3OS. The highest BCUT2D eigenvalue weighted by Gasteiger charge is 2.11. The molecule has 4 nitrogen and oxygen atoms in total. The van der Waals surface area contributed by atoms with Crippen LogP contribution in [0, 0.1) is 12.8 Å². The molecule has 0 spiro atoms. The van der Waals surface area contributed by atoms with Gasteiger partial charge in [0.05, 0.1) is 11.8 Å². The first-order valence-corrected chi connectivity index (χ1v) is 6.31. The van der Waals surface area contributed by atoms with E-state index in [-0.39, 0.29) is 5.91 Å².